The number of likely N-dealkylation sites (N-methyl/N-ethyl adjacent to an activating group) is 1. The SMILES string of the molecule is CN1C(=O)/C(=C2/CC(=O)N(c3ccc(C(=O)O)cc3)C2=O)c2ccccc21. The lowest BCUT2D eigenvalue weighted by molar-refractivity contribution is -0.121. The van der Waals surface area contributed by atoms with Crippen LogP contribution in [0.5, 0.6) is 0 Å². The van der Waals surface area contributed by atoms with E-state index in [-0.39, 0.29) is 34.7 Å². The fourth-order valence-corrected chi connectivity index (χ4v) is 3.43. The van der Waals surface area contributed by atoms with E-state index < -0.39 is 17.8 Å². The van der Waals surface area contributed by atoms with Crippen molar-refractivity contribution in [2.45, 2.75) is 6.42 Å². The fourth-order valence-electron chi connectivity index (χ4n) is 3.43. The number of aromatic carboxylic acids is 1. The van der Waals surface area contributed by atoms with Crippen molar-refractivity contribution in [3.63, 3.8) is 0 Å². The van der Waals surface area contributed by atoms with E-state index in [1.807, 2.05) is 0 Å². The van der Waals surface area contributed by atoms with E-state index >= 15 is 0 Å². The van der Waals surface area contributed by atoms with Crippen LogP contribution in [0.25, 0.3) is 5.57 Å². The summed E-state index contributed by atoms with van der Waals surface area (Å²) in [5, 5.41) is 8.98. The molecule has 2 aliphatic heterocycles. The molecule has 2 heterocycles. The predicted octanol–water partition coefficient (Wildman–Crippen LogP) is 2.08. The van der Waals surface area contributed by atoms with Gasteiger partial charge in [-0.15, -0.1) is 0 Å². The maximum Gasteiger partial charge on any atom is 0.335 e. The van der Waals surface area contributed by atoms with Crippen LogP contribution >= 0.6 is 0 Å². The van der Waals surface area contributed by atoms with Gasteiger partial charge in [-0.25, -0.2) is 9.69 Å². The van der Waals surface area contributed by atoms with E-state index in [1.165, 1.54) is 29.2 Å². The Bertz CT molecular complexity index is 1050. The first-order chi connectivity index (χ1) is 12.9. The van der Waals surface area contributed by atoms with Gasteiger partial charge in [0.05, 0.1) is 28.9 Å². The number of imide groups is 1. The van der Waals surface area contributed by atoms with Crippen molar-refractivity contribution < 1.29 is 24.3 Å². The molecule has 27 heavy (non-hydrogen) atoms. The molecule has 134 valence electrons. The zero-order chi connectivity index (χ0) is 19.3. The van der Waals surface area contributed by atoms with Gasteiger partial charge in [0.25, 0.3) is 11.8 Å². The summed E-state index contributed by atoms with van der Waals surface area (Å²) in [5.41, 5.74) is 2.05. The third kappa shape index (κ3) is 2.43. The van der Waals surface area contributed by atoms with Crippen molar-refractivity contribution in [2.75, 3.05) is 16.8 Å². The molecule has 4 rings (SSSR count). The molecule has 0 unspecified atom stereocenters. The van der Waals surface area contributed by atoms with Gasteiger partial charge < -0.3 is 10.0 Å². The molecule has 1 N–H and O–H groups in total. The fraction of sp³-hybridized carbons (Fsp3) is 0.100. The average molecular weight is 362 g/mol. The van der Waals surface area contributed by atoms with E-state index in [0.717, 1.165) is 4.90 Å². The number of para-hydroxylation sites is 1. The van der Waals surface area contributed by atoms with Gasteiger partial charge in [0, 0.05) is 18.2 Å². The molecule has 1 saturated heterocycles. The second-order valence-corrected chi connectivity index (χ2v) is 6.30. The molecule has 1 fully saturated rings. The van der Waals surface area contributed by atoms with Gasteiger partial charge in [-0.05, 0) is 30.3 Å². The van der Waals surface area contributed by atoms with E-state index in [9.17, 15) is 19.2 Å². The molecule has 0 atom stereocenters. The quantitative estimate of drug-likeness (QED) is 0.652. The van der Waals surface area contributed by atoms with Crippen LogP contribution in [0.3, 0.4) is 0 Å². The normalized spacial score (nSPS) is 19.1. The van der Waals surface area contributed by atoms with Gasteiger partial charge in [0.2, 0.25) is 5.91 Å². The number of carbonyl (C=O) groups is 4. The summed E-state index contributed by atoms with van der Waals surface area (Å²) < 4.78 is 0. The van der Waals surface area contributed by atoms with Crippen molar-refractivity contribution >= 4 is 40.6 Å². The molecule has 2 aromatic rings. The van der Waals surface area contributed by atoms with E-state index in [4.69, 9.17) is 5.11 Å². The highest BCUT2D eigenvalue weighted by molar-refractivity contribution is 6.41. The van der Waals surface area contributed by atoms with Gasteiger partial charge in [-0.1, -0.05) is 18.2 Å². The van der Waals surface area contributed by atoms with Crippen LogP contribution in [0.1, 0.15) is 22.3 Å². The van der Waals surface area contributed by atoms with Crippen LogP contribution in [-0.2, 0) is 14.4 Å². The topological polar surface area (TPSA) is 95.0 Å². The van der Waals surface area contributed by atoms with Crippen molar-refractivity contribution in [2.24, 2.45) is 0 Å². The number of anilines is 2. The van der Waals surface area contributed by atoms with E-state index in [1.54, 1.807) is 31.3 Å². The van der Waals surface area contributed by atoms with Crippen LogP contribution in [0.2, 0.25) is 0 Å². The Morgan fingerprint density at radius 2 is 1.63 bits per heavy atom. The first-order valence-corrected chi connectivity index (χ1v) is 8.21. The lowest BCUT2D eigenvalue weighted by Crippen LogP contribution is -2.29. The van der Waals surface area contributed by atoms with Gasteiger partial charge >= 0.3 is 5.97 Å². The number of carbonyl (C=O) groups excluding carboxylic acids is 3. The highest BCUT2D eigenvalue weighted by Gasteiger charge is 2.42. The van der Waals surface area contributed by atoms with Crippen LogP contribution in [0, 0.1) is 0 Å². The minimum atomic E-state index is -1.10. The number of hydrogen-bond donors (Lipinski definition) is 1. The number of hydrogen-bond acceptors (Lipinski definition) is 4. The molecule has 2 aliphatic rings. The first-order valence-electron chi connectivity index (χ1n) is 8.21. The van der Waals surface area contributed by atoms with Crippen molar-refractivity contribution in [1.29, 1.82) is 0 Å². The third-order valence-electron chi connectivity index (χ3n) is 4.77. The molecule has 0 spiro atoms. The Hall–Kier alpha value is -3.74. The molecule has 7 heteroatoms. The molecule has 2 aromatic carbocycles. The van der Waals surface area contributed by atoms with Gasteiger partial charge in [-0.3, -0.25) is 14.4 Å². The zero-order valence-corrected chi connectivity index (χ0v) is 14.3. The smallest absolute Gasteiger partial charge is 0.335 e. The second-order valence-electron chi connectivity index (χ2n) is 6.30. The highest BCUT2D eigenvalue weighted by Crippen LogP contribution is 2.40. The minimum absolute atomic E-state index is 0.0537. The summed E-state index contributed by atoms with van der Waals surface area (Å²) in [7, 11) is 1.62. The Morgan fingerprint density at radius 3 is 2.30 bits per heavy atom. The average Bonchev–Trinajstić information content (AvgIpc) is 3.08. The van der Waals surface area contributed by atoms with Gasteiger partial charge in [-0.2, -0.15) is 0 Å². The molecule has 0 aliphatic carbocycles. The largest absolute Gasteiger partial charge is 0.478 e. The number of fused-ring (bicyclic) bond motifs is 1. The van der Waals surface area contributed by atoms with Gasteiger partial charge in [0.15, 0.2) is 0 Å². The Morgan fingerprint density at radius 1 is 0.963 bits per heavy atom. The summed E-state index contributed by atoms with van der Waals surface area (Å²) in [5.74, 6) is -2.43. The molecule has 0 radical (unpaired) electrons. The van der Waals surface area contributed by atoms with Crippen LogP contribution < -0.4 is 9.80 Å². The summed E-state index contributed by atoms with van der Waals surface area (Å²) in [6.07, 6.45) is -0.178. The second kappa shape index (κ2) is 5.91. The summed E-state index contributed by atoms with van der Waals surface area (Å²) >= 11 is 0. The molecular formula is C20H14N2O5. The number of nitrogens with zero attached hydrogens (tertiary/aromatic N) is 2. The van der Waals surface area contributed by atoms with Crippen LogP contribution in [0.15, 0.2) is 54.1 Å². The lowest BCUT2D eigenvalue weighted by atomic mass is 10.00. The number of rotatable bonds is 2. The molecular weight excluding hydrogens is 348 g/mol. The van der Waals surface area contributed by atoms with Crippen LogP contribution in [0.4, 0.5) is 11.4 Å². The van der Waals surface area contributed by atoms with Crippen molar-refractivity contribution in [3.8, 4) is 0 Å². The van der Waals surface area contributed by atoms with Crippen LogP contribution in [-0.4, -0.2) is 35.8 Å². The summed E-state index contributed by atoms with van der Waals surface area (Å²) in [4.78, 5) is 51.6. The summed E-state index contributed by atoms with van der Waals surface area (Å²) in [6.45, 7) is 0. The Labute approximate surface area is 154 Å². The Balaban J connectivity index is 1.79. The van der Waals surface area contributed by atoms with Crippen molar-refractivity contribution in [3.05, 3.63) is 65.2 Å². The maximum atomic E-state index is 12.9. The molecule has 0 saturated carbocycles. The first kappa shape index (κ1) is 16.7. The third-order valence-corrected chi connectivity index (χ3v) is 4.77. The number of benzene rings is 2. The monoisotopic (exact) mass is 362 g/mol. The molecule has 7 nitrogen and oxygen atoms in total. The van der Waals surface area contributed by atoms with Crippen molar-refractivity contribution in [1.82, 2.24) is 0 Å². The minimum Gasteiger partial charge on any atom is -0.478 e. The van der Waals surface area contributed by atoms with E-state index in [2.05, 4.69) is 0 Å². The molecule has 0 bridgehead atoms. The van der Waals surface area contributed by atoms with E-state index in [0.29, 0.717) is 11.3 Å². The highest BCUT2D eigenvalue weighted by atomic mass is 16.4. The Kier molecular flexibility index (Phi) is 3.66. The predicted molar refractivity (Wildman–Crippen MR) is 97.3 cm³/mol. The number of carboxylic acids is 1. The zero-order valence-electron chi connectivity index (χ0n) is 14.3. The molecule has 0 aromatic heterocycles. The summed E-state index contributed by atoms with van der Waals surface area (Å²) in [6, 6.07) is 12.6. The maximum absolute atomic E-state index is 12.9. The number of amides is 3. The standard InChI is InChI=1S/C20H14N2O5/c1-21-15-5-3-2-4-13(15)17(19(21)25)14-10-16(23)22(18(14)24)12-8-6-11(7-9-12)20(26)27/h2-9H,10H2,1H3,(H,26,27)/b17-14-. The number of carboxylic acid groups (broad SMARTS) is 1. The lowest BCUT2D eigenvalue weighted by Gasteiger charge is -2.13. The van der Waals surface area contributed by atoms with Gasteiger partial charge in [0.1, 0.15) is 0 Å². The molecule has 3 amide bonds.